The normalized spacial score (nSPS) is 10.2. The summed E-state index contributed by atoms with van der Waals surface area (Å²) >= 11 is 5.75. The third-order valence-electron chi connectivity index (χ3n) is 2.94. The van der Waals surface area contributed by atoms with Crippen LogP contribution >= 0.6 is 11.6 Å². The molecule has 0 saturated carbocycles. The van der Waals surface area contributed by atoms with Gasteiger partial charge in [-0.25, -0.2) is 0 Å². The van der Waals surface area contributed by atoms with Crippen LogP contribution in [0.2, 0.25) is 0 Å². The number of halogens is 1. The van der Waals surface area contributed by atoms with Gasteiger partial charge in [-0.2, -0.15) is 0 Å². The molecule has 110 valence electrons. The number of hydrogen-bond acceptors (Lipinski definition) is 4. The van der Waals surface area contributed by atoms with E-state index in [9.17, 15) is 10.1 Å². The van der Waals surface area contributed by atoms with Gasteiger partial charge < -0.3 is 9.47 Å². The third-order valence-corrected chi connectivity index (χ3v) is 3.23. The Morgan fingerprint density at radius 1 is 1.19 bits per heavy atom. The second-order valence-electron chi connectivity index (χ2n) is 4.44. The number of nitro groups is 1. The van der Waals surface area contributed by atoms with Crippen LogP contribution in [0.4, 0.5) is 5.69 Å². The summed E-state index contributed by atoms with van der Waals surface area (Å²) in [6.45, 7) is 1.95. The summed E-state index contributed by atoms with van der Waals surface area (Å²) in [7, 11) is 1.56. The van der Waals surface area contributed by atoms with Gasteiger partial charge >= 0.3 is 0 Å². The second kappa shape index (κ2) is 6.45. The molecule has 21 heavy (non-hydrogen) atoms. The fourth-order valence-electron chi connectivity index (χ4n) is 1.90. The van der Waals surface area contributed by atoms with Crippen LogP contribution in [0.5, 0.6) is 17.2 Å². The summed E-state index contributed by atoms with van der Waals surface area (Å²) in [6, 6.07) is 10.0. The maximum atomic E-state index is 10.9. The van der Waals surface area contributed by atoms with E-state index in [0.29, 0.717) is 22.8 Å². The van der Waals surface area contributed by atoms with Gasteiger partial charge in [-0.15, -0.1) is 11.6 Å². The van der Waals surface area contributed by atoms with Crippen LogP contribution in [-0.4, -0.2) is 12.0 Å². The maximum absolute atomic E-state index is 10.9. The van der Waals surface area contributed by atoms with E-state index in [-0.39, 0.29) is 11.6 Å². The summed E-state index contributed by atoms with van der Waals surface area (Å²) in [5, 5.41) is 10.9. The first-order chi connectivity index (χ1) is 10.0. The molecule has 0 radical (unpaired) electrons. The summed E-state index contributed by atoms with van der Waals surface area (Å²) < 4.78 is 11.0. The molecule has 2 aromatic rings. The molecule has 0 spiro atoms. The van der Waals surface area contributed by atoms with Crippen molar-refractivity contribution in [2.75, 3.05) is 7.11 Å². The first-order valence-corrected chi connectivity index (χ1v) is 6.74. The highest BCUT2D eigenvalue weighted by Crippen LogP contribution is 2.34. The molecule has 5 nitrogen and oxygen atoms in total. The van der Waals surface area contributed by atoms with Crippen molar-refractivity contribution in [3.8, 4) is 17.2 Å². The average Bonchev–Trinajstić information content (AvgIpc) is 2.48. The van der Waals surface area contributed by atoms with E-state index in [4.69, 9.17) is 21.1 Å². The Morgan fingerprint density at radius 2 is 1.95 bits per heavy atom. The van der Waals surface area contributed by atoms with Gasteiger partial charge in [-0.3, -0.25) is 10.1 Å². The number of hydrogen-bond donors (Lipinski definition) is 0. The van der Waals surface area contributed by atoms with Crippen LogP contribution in [0, 0.1) is 17.0 Å². The lowest BCUT2D eigenvalue weighted by Gasteiger charge is -2.11. The van der Waals surface area contributed by atoms with Crippen molar-refractivity contribution in [3.05, 3.63) is 57.6 Å². The Bertz CT molecular complexity index is 673. The minimum absolute atomic E-state index is 0.0202. The molecule has 0 saturated heterocycles. The molecule has 0 aromatic heterocycles. The first-order valence-electron chi connectivity index (χ1n) is 6.21. The van der Waals surface area contributed by atoms with Gasteiger partial charge in [-0.05, 0) is 36.8 Å². The maximum Gasteiger partial charge on any atom is 0.274 e. The summed E-state index contributed by atoms with van der Waals surface area (Å²) in [5.41, 5.74) is 1.43. The third kappa shape index (κ3) is 3.44. The molecule has 2 aromatic carbocycles. The zero-order chi connectivity index (χ0) is 15.4. The lowest BCUT2D eigenvalue weighted by molar-refractivity contribution is -0.385. The zero-order valence-electron chi connectivity index (χ0n) is 11.6. The van der Waals surface area contributed by atoms with Gasteiger partial charge in [0.1, 0.15) is 5.75 Å². The largest absolute Gasteiger partial charge is 0.493 e. The van der Waals surface area contributed by atoms with Crippen molar-refractivity contribution in [3.63, 3.8) is 0 Å². The van der Waals surface area contributed by atoms with Crippen molar-refractivity contribution in [2.45, 2.75) is 12.8 Å². The lowest BCUT2D eigenvalue weighted by Crippen LogP contribution is -1.95. The van der Waals surface area contributed by atoms with Crippen LogP contribution in [0.1, 0.15) is 11.1 Å². The van der Waals surface area contributed by atoms with Gasteiger partial charge in [0, 0.05) is 11.6 Å². The number of ether oxygens (including phenoxy) is 2. The molecule has 0 atom stereocenters. The van der Waals surface area contributed by atoms with Crippen LogP contribution in [0.25, 0.3) is 0 Å². The molecule has 0 N–H and O–H groups in total. The van der Waals surface area contributed by atoms with Gasteiger partial charge in [-0.1, -0.05) is 6.07 Å². The molecule has 0 heterocycles. The quantitative estimate of drug-likeness (QED) is 0.465. The highest BCUT2D eigenvalue weighted by atomic mass is 35.5. The number of benzene rings is 2. The minimum atomic E-state index is -0.464. The Morgan fingerprint density at radius 3 is 2.57 bits per heavy atom. The van der Waals surface area contributed by atoms with Crippen molar-refractivity contribution < 1.29 is 14.4 Å². The van der Waals surface area contributed by atoms with E-state index in [2.05, 4.69) is 0 Å². The molecular weight excluding hydrogens is 294 g/mol. The number of alkyl halides is 1. The summed E-state index contributed by atoms with van der Waals surface area (Å²) in [4.78, 5) is 10.4. The fourth-order valence-corrected chi connectivity index (χ4v) is 2.11. The molecule has 0 bridgehead atoms. The van der Waals surface area contributed by atoms with Gasteiger partial charge in [0.05, 0.1) is 17.9 Å². The van der Waals surface area contributed by atoms with Crippen molar-refractivity contribution in [1.29, 1.82) is 0 Å². The molecule has 0 aliphatic heterocycles. The number of methoxy groups -OCH3 is 1. The molecule has 0 fully saturated rings. The fraction of sp³-hybridized carbons (Fsp3) is 0.200. The lowest BCUT2D eigenvalue weighted by atomic mass is 10.2. The number of aryl methyl sites for hydroxylation is 1. The molecule has 2 rings (SSSR count). The molecule has 0 amide bonds. The number of rotatable bonds is 5. The Kier molecular flexibility index (Phi) is 4.65. The number of nitrogens with zero attached hydrogens (tertiary/aromatic N) is 1. The predicted octanol–water partition coefficient (Wildman–Crippen LogP) is 4.44. The van der Waals surface area contributed by atoms with E-state index in [0.717, 1.165) is 5.56 Å². The van der Waals surface area contributed by atoms with Crippen molar-refractivity contribution in [2.24, 2.45) is 0 Å². The van der Waals surface area contributed by atoms with Crippen molar-refractivity contribution >= 4 is 17.3 Å². The molecule has 6 heteroatoms. The van der Waals surface area contributed by atoms with Gasteiger partial charge in [0.25, 0.3) is 5.69 Å². The Hall–Kier alpha value is -2.27. The van der Waals surface area contributed by atoms with Gasteiger partial charge in [0.2, 0.25) is 0 Å². The average molecular weight is 308 g/mol. The molecular formula is C15H14ClNO4. The van der Waals surface area contributed by atoms with Crippen LogP contribution < -0.4 is 9.47 Å². The first kappa shape index (κ1) is 15.1. The standard InChI is InChI=1S/C15H14ClNO4/c1-10-3-6-14(15(7-10)20-2)21-12-4-5-13(17(18)19)11(8-12)9-16/h3-8H,9H2,1-2H3. The Labute approximate surface area is 127 Å². The Balaban J connectivity index is 2.34. The number of nitro benzene ring substituents is 1. The molecule has 0 aliphatic carbocycles. The smallest absolute Gasteiger partial charge is 0.274 e. The van der Waals surface area contributed by atoms with E-state index in [1.165, 1.54) is 12.1 Å². The van der Waals surface area contributed by atoms with Crippen LogP contribution in [0.15, 0.2) is 36.4 Å². The predicted molar refractivity (Wildman–Crippen MR) is 80.5 cm³/mol. The second-order valence-corrected chi connectivity index (χ2v) is 4.70. The highest BCUT2D eigenvalue weighted by molar-refractivity contribution is 6.17. The topological polar surface area (TPSA) is 61.6 Å². The molecule has 0 aliphatic rings. The summed E-state index contributed by atoms with van der Waals surface area (Å²) in [5.74, 6) is 1.65. The van der Waals surface area contributed by atoms with E-state index in [1.807, 2.05) is 19.1 Å². The van der Waals surface area contributed by atoms with Crippen molar-refractivity contribution in [1.82, 2.24) is 0 Å². The van der Waals surface area contributed by atoms with E-state index in [1.54, 1.807) is 19.2 Å². The summed E-state index contributed by atoms with van der Waals surface area (Å²) in [6.07, 6.45) is 0. The van der Waals surface area contributed by atoms with Gasteiger partial charge in [0.15, 0.2) is 11.5 Å². The van der Waals surface area contributed by atoms with E-state index < -0.39 is 4.92 Å². The SMILES string of the molecule is COc1cc(C)ccc1Oc1ccc([N+](=O)[O-])c(CCl)c1. The molecule has 0 unspecified atom stereocenters. The minimum Gasteiger partial charge on any atom is -0.493 e. The van der Waals surface area contributed by atoms with Crippen LogP contribution in [-0.2, 0) is 5.88 Å². The highest BCUT2D eigenvalue weighted by Gasteiger charge is 2.14. The van der Waals surface area contributed by atoms with E-state index >= 15 is 0 Å². The van der Waals surface area contributed by atoms with Crippen LogP contribution in [0.3, 0.4) is 0 Å². The zero-order valence-corrected chi connectivity index (χ0v) is 12.4. The monoisotopic (exact) mass is 307 g/mol.